The fourth-order valence-corrected chi connectivity index (χ4v) is 2.48. The molecule has 128 valence electrons. The Labute approximate surface area is 140 Å². The lowest BCUT2D eigenvalue weighted by Gasteiger charge is -2.13. The van der Waals surface area contributed by atoms with E-state index in [1.807, 2.05) is 6.92 Å². The van der Waals surface area contributed by atoms with Crippen LogP contribution in [-0.2, 0) is 11.3 Å². The number of fused-ring (bicyclic) bond motifs is 1. The fraction of sp³-hybridized carbons (Fsp3) is 0.412. The van der Waals surface area contributed by atoms with Gasteiger partial charge in [0.25, 0.3) is 11.5 Å². The Kier molecular flexibility index (Phi) is 5.68. The molecule has 7 nitrogen and oxygen atoms in total. The van der Waals surface area contributed by atoms with Gasteiger partial charge in [0.15, 0.2) is 5.69 Å². The summed E-state index contributed by atoms with van der Waals surface area (Å²) >= 11 is 0. The van der Waals surface area contributed by atoms with Crippen LogP contribution in [0.4, 0.5) is 0 Å². The molecular formula is C17H22N4O3. The number of carbonyl (C=O) groups excluding carboxylic acids is 2. The van der Waals surface area contributed by atoms with Crippen LogP contribution in [0.2, 0.25) is 0 Å². The van der Waals surface area contributed by atoms with Crippen LogP contribution in [0.15, 0.2) is 29.1 Å². The highest BCUT2D eigenvalue weighted by Gasteiger charge is 2.18. The van der Waals surface area contributed by atoms with Crippen molar-refractivity contribution in [3.63, 3.8) is 0 Å². The first-order chi connectivity index (χ1) is 11.5. The van der Waals surface area contributed by atoms with Crippen LogP contribution < -0.4 is 16.4 Å². The zero-order chi connectivity index (χ0) is 17.7. The number of amides is 2. The van der Waals surface area contributed by atoms with Crippen LogP contribution in [0.3, 0.4) is 0 Å². The maximum atomic E-state index is 12.4. The first-order valence-corrected chi connectivity index (χ1v) is 8.09. The molecule has 2 rings (SSSR count). The van der Waals surface area contributed by atoms with E-state index in [1.165, 1.54) is 4.68 Å². The summed E-state index contributed by atoms with van der Waals surface area (Å²) in [5, 5.41) is 5.00. The Bertz CT molecular complexity index is 813. The van der Waals surface area contributed by atoms with Gasteiger partial charge in [-0.15, -0.1) is 0 Å². The van der Waals surface area contributed by atoms with E-state index in [0.717, 1.165) is 12.8 Å². The molecule has 0 aliphatic carbocycles. The molecule has 0 bridgehead atoms. The predicted octanol–water partition coefficient (Wildman–Crippen LogP) is 1.61. The summed E-state index contributed by atoms with van der Waals surface area (Å²) in [6.07, 6.45) is 1.62. The second kappa shape index (κ2) is 7.72. The van der Waals surface area contributed by atoms with Crippen molar-refractivity contribution in [3.8, 4) is 0 Å². The SMILES string of the molecule is CCCC(C)C(=O)NNC(=O)c1nn(CC)c(=O)c2ccccc12. The van der Waals surface area contributed by atoms with E-state index in [2.05, 4.69) is 16.0 Å². The van der Waals surface area contributed by atoms with E-state index in [0.29, 0.717) is 17.3 Å². The zero-order valence-corrected chi connectivity index (χ0v) is 14.1. The van der Waals surface area contributed by atoms with Crippen LogP contribution >= 0.6 is 0 Å². The normalized spacial score (nSPS) is 12.0. The predicted molar refractivity (Wildman–Crippen MR) is 91.4 cm³/mol. The molecule has 2 amide bonds. The quantitative estimate of drug-likeness (QED) is 0.815. The average Bonchev–Trinajstić information content (AvgIpc) is 2.60. The molecule has 2 N–H and O–H groups in total. The van der Waals surface area contributed by atoms with Crippen LogP contribution in [0.25, 0.3) is 10.8 Å². The molecule has 0 saturated carbocycles. The van der Waals surface area contributed by atoms with E-state index in [-0.39, 0.29) is 23.1 Å². The van der Waals surface area contributed by atoms with Crippen LogP contribution in [0.5, 0.6) is 0 Å². The minimum absolute atomic E-state index is 0.107. The molecule has 1 atom stereocenters. The number of aryl methyl sites for hydroxylation is 1. The maximum absolute atomic E-state index is 12.4. The van der Waals surface area contributed by atoms with Crippen molar-refractivity contribution in [1.82, 2.24) is 20.6 Å². The molecule has 1 aromatic carbocycles. The highest BCUT2D eigenvalue weighted by atomic mass is 16.2. The van der Waals surface area contributed by atoms with Gasteiger partial charge in [-0.2, -0.15) is 5.10 Å². The third kappa shape index (κ3) is 3.61. The standard InChI is InChI=1S/C17H22N4O3/c1-4-8-11(3)15(22)18-19-16(23)14-12-9-6-7-10-13(12)17(24)21(5-2)20-14/h6-7,9-11H,4-5,8H2,1-3H3,(H,18,22)(H,19,23). The van der Waals surface area contributed by atoms with Crippen molar-refractivity contribution in [1.29, 1.82) is 0 Å². The fourth-order valence-electron chi connectivity index (χ4n) is 2.48. The molecular weight excluding hydrogens is 308 g/mol. The van der Waals surface area contributed by atoms with Gasteiger partial charge in [0, 0.05) is 17.8 Å². The highest BCUT2D eigenvalue weighted by molar-refractivity contribution is 6.05. The molecule has 1 aromatic heterocycles. The van der Waals surface area contributed by atoms with Gasteiger partial charge in [-0.25, -0.2) is 4.68 Å². The largest absolute Gasteiger partial charge is 0.290 e. The number of nitrogens with one attached hydrogen (secondary N) is 2. The van der Waals surface area contributed by atoms with Crippen molar-refractivity contribution in [2.45, 2.75) is 40.2 Å². The summed E-state index contributed by atoms with van der Waals surface area (Å²) in [5.41, 5.74) is 4.66. The lowest BCUT2D eigenvalue weighted by molar-refractivity contribution is -0.125. The monoisotopic (exact) mass is 330 g/mol. The molecule has 1 unspecified atom stereocenters. The summed E-state index contributed by atoms with van der Waals surface area (Å²) in [7, 11) is 0. The van der Waals surface area contributed by atoms with Gasteiger partial charge in [0.2, 0.25) is 5.91 Å². The smallest absolute Gasteiger partial charge is 0.273 e. The zero-order valence-electron chi connectivity index (χ0n) is 14.1. The molecule has 0 spiro atoms. The number of hydrogen-bond donors (Lipinski definition) is 2. The number of carbonyl (C=O) groups is 2. The lowest BCUT2D eigenvalue weighted by Crippen LogP contribution is -2.44. The highest BCUT2D eigenvalue weighted by Crippen LogP contribution is 2.13. The molecule has 24 heavy (non-hydrogen) atoms. The van der Waals surface area contributed by atoms with Gasteiger partial charge >= 0.3 is 0 Å². The molecule has 2 aromatic rings. The minimum atomic E-state index is -0.551. The van der Waals surface area contributed by atoms with Gasteiger partial charge in [0.05, 0.1) is 5.39 Å². The van der Waals surface area contributed by atoms with Gasteiger partial charge in [-0.1, -0.05) is 38.5 Å². The minimum Gasteiger partial charge on any atom is -0.273 e. The topological polar surface area (TPSA) is 93.1 Å². The van der Waals surface area contributed by atoms with E-state index < -0.39 is 5.91 Å². The Morgan fingerprint density at radius 2 is 1.83 bits per heavy atom. The number of benzene rings is 1. The van der Waals surface area contributed by atoms with Crippen LogP contribution in [0, 0.1) is 5.92 Å². The molecule has 0 saturated heterocycles. The van der Waals surface area contributed by atoms with Crippen molar-refractivity contribution in [3.05, 3.63) is 40.3 Å². The lowest BCUT2D eigenvalue weighted by atomic mass is 10.1. The van der Waals surface area contributed by atoms with Gasteiger partial charge in [-0.05, 0) is 19.4 Å². The van der Waals surface area contributed by atoms with Crippen molar-refractivity contribution in [2.75, 3.05) is 0 Å². The van der Waals surface area contributed by atoms with Crippen LogP contribution in [-0.4, -0.2) is 21.6 Å². The molecule has 1 heterocycles. The third-order valence-corrected chi connectivity index (χ3v) is 3.85. The summed E-state index contributed by atoms with van der Waals surface area (Å²) in [6, 6.07) is 6.79. The van der Waals surface area contributed by atoms with Crippen molar-refractivity contribution >= 4 is 22.6 Å². The Morgan fingerprint density at radius 3 is 2.46 bits per heavy atom. The van der Waals surface area contributed by atoms with E-state index in [1.54, 1.807) is 38.1 Å². The number of rotatable bonds is 5. The molecule has 7 heteroatoms. The Hall–Kier alpha value is -2.70. The summed E-state index contributed by atoms with van der Waals surface area (Å²) in [5.74, 6) is -0.992. The van der Waals surface area contributed by atoms with E-state index in [4.69, 9.17) is 0 Å². The van der Waals surface area contributed by atoms with Crippen molar-refractivity contribution < 1.29 is 9.59 Å². The summed E-state index contributed by atoms with van der Waals surface area (Å²) < 4.78 is 1.23. The van der Waals surface area contributed by atoms with Gasteiger partial charge in [-0.3, -0.25) is 25.2 Å². The maximum Gasteiger partial charge on any atom is 0.290 e. The number of aromatic nitrogens is 2. The number of hydrazine groups is 1. The van der Waals surface area contributed by atoms with E-state index in [9.17, 15) is 14.4 Å². The van der Waals surface area contributed by atoms with Crippen molar-refractivity contribution in [2.24, 2.45) is 5.92 Å². The average molecular weight is 330 g/mol. The second-order valence-corrected chi connectivity index (χ2v) is 5.65. The number of hydrogen-bond acceptors (Lipinski definition) is 4. The first kappa shape index (κ1) is 17.7. The van der Waals surface area contributed by atoms with Gasteiger partial charge < -0.3 is 0 Å². The summed E-state index contributed by atoms with van der Waals surface area (Å²) in [6.45, 7) is 5.92. The molecule has 0 radical (unpaired) electrons. The molecule has 0 aliphatic heterocycles. The third-order valence-electron chi connectivity index (χ3n) is 3.85. The Balaban J connectivity index is 2.28. The van der Waals surface area contributed by atoms with E-state index >= 15 is 0 Å². The van der Waals surface area contributed by atoms with Gasteiger partial charge in [0.1, 0.15) is 0 Å². The Morgan fingerprint density at radius 1 is 1.17 bits per heavy atom. The second-order valence-electron chi connectivity index (χ2n) is 5.65. The number of nitrogens with zero attached hydrogens (tertiary/aromatic N) is 2. The van der Waals surface area contributed by atoms with Crippen LogP contribution in [0.1, 0.15) is 44.1 Å². The molecule has 0 fully saturated rings. The summed E-state index contributed by atoms with van der Waals surface area (Å²) in [4.78, 5) is 36.6. The first-order valence-electron chi connectivity index (χ1n) is 8.09. The molecule has 0 aliphatic rings.